The van der Waals surface area contributed by atoms with Crippen molar-refractivity contribution in [3.05, 3.63) is 63.7 Å². The van der Waals surface area contributed by atoms with Gasteiger partial charge >= 0.3 is 11.9 Å². The summed E-state index contributed by atoms with van der Waals surface area (Å²) in [5.74, 6) is -0.248. The lowest BCUT2D eigenvalue weighted by molar-refractivity contribution is -0.385. The molecule has 0 N–H and O–H groups in total. The van der Waals surface area contributed by atoms with Gasteiger partial charge in [0.25, 0.3) is 0 Å². The van der Waals surface area contributed by atoms with E-state index in [1.807, 2.05) is 0 Å². The van der Waals surface area contributed by atoms with Crippen molar-refractivity contribution >= 4 is 5.69 Å². The van der Waals surface area contributed by atoms with Crippen LogP contribution in [0.3, 0.4) is 0 Å². The molecule has 0 aliphatic carbocycles. The standard InChI is InChI=1S/C18H15F3N4O3/c1-10-4-5-22-8-13(10)17-23-11(2)9-24(17)14-6-12(18(19,20)21)7-15(28-3)16(14)25(26)27/h4-9H,1-3H3. The number of methoxy groups -OCH3 is 1. The molecule has 0 fully saturated rings. The maximum Gasteiger partial charge on any atom is 0.416 e. The number of rotatable bonds is 4. The van der Waals surface area contributed by atoms with Crippen molar-refractivity contribution in [2.75, 3.05) is 7.11 Å². The molecule has 0 unspecified atom stereocenters. The Labute approximate surface area is 157 Å². The number of alkyl halides is 3. The first-order valence-electron chi connectivity index (χ1n) is 8.04. The summed E-state index contributed by atoms with van der Waals surface area (Å²) in [6, 6.07) is 3.04. The Balaban J connectivity index is 2.39. The molecule has 0 bridgehead atoms. The molecule has 0 amide bonds. The van der Waals surface area contributed by atoms with Crippen molar-refractivity contribution in [3.63, 3.8) is 0 Å². The molecule has 3 rings (SSSR count). The number of benzene rings is 1. The van der Waals surface area contributed by atoms with Crippen LogP contribution in [0.2, 0.25) is 0 Å². The largest absolute Gasteiger partial charge is 0.490 e. The van der Waals surface area contributed by atoms with Gasteiger partial charge < -0.3 is 4.74 Å². The fourth-order valence-electron chi connectivity index (χ4n) is 2.85. The third-order valence-corrected chi connectivity index (χ3v) is 4.15. The quantitative estimate of drug-likeness (QED) is 0.483. The van der Waals surface area contributed by atoms with E-state index in [0.29, 0.717) is 17.3 Å². The van der Waals surface area contributed by atoms with E-state index in [2.05, 4.69) is 9.97 Å². The number of nitro groups is 1. The van der Waals surface area contributed by atoms with Crippen molar-refractivity contribution in [1.29, 1.82) is 0 Å². The minimum Gasteiger partial charge on any atom is -0.490 e. The van der Waals surface area contributed by atoms with E-state index in [9.17, 15) is 23.3 Å². The van der Waals surface area contributed by atoms with Gasteiger partial charge in [-0.05, 0) is 37.6 Å². The molecular formula is C18H15F3N4O3. The van der Waals surface area contributed by atoms with Gasteiger partial charge in [0, 0.05) is 24.2 Å². The van der Waals surface area contributed by atoms with Gasteiger partial charge in [-0.25, -0.2) is 4.98 Å². The van der Waals surface area contributed by atoms with E-state index in [0.717, 1.165) is 18.7 Å². The topological polar surface area (TPSA) is 83.1 Å². The highest BCUT2D eigenvalue weighted by molar-refractivity contribution is 5.69. The Morgan fingerprint density at radius 1 is 1.25 bits per heavy atom. The summed E-state index contributed by atoms with van der Waals surface area (Å²) < 4.78 is 46.2. The molecule has 2 heterocycles. The minimum atomic E-state index is -4.71. The van der Waals surface area contributed by atoms with Crippen molar-refractivity contribution < 1.29 is 22.8 Å². The smallest absolute Gasteiger partial charge is 0.416 e. The first kappa shape index (κ1) is 19.3. The first-order valence-corrected chi connectivity index (χ1v) is 8.04. The summed E-state index contributed by atoms with van der Waals surface area (Å²) in [6.45, 7) is 3.43. The summed E-state index contributed by atoms with van der Waals surface area (Å²) in [5.41, 5.74) is -0.162. The molecular weight excluding hydrogens is 377 g/mol. The number of pyridine rings is 1. The van der Waals surface area contributed by atoms with E-state index in [1.54, 1.807) is 26.1 Å². The van der Waals surface area contributed by atoms with Crippen LogP contribution in [0.4, 0.5) is 18.9 Å². The lowest BCUT2D eigenvalue weighted by atomic mass is 10.1. The zero-order valence-corrected chi connectivity index (χ0v) is 15.1. The molecule has 0 saturated carbocycles. The van der Waals surface area contributed by atoms with Gasteiger partial charge in [0.15, 0.2) is 5.75 Å². The van der Waals surface area contributed by atoms with Gasteiger partial charge in [0.05, 0.1) is 23.3 Å². The Morgan fingerprint density at radius 2 is 1.96 bits per heavy atom. The highest BCUT2D eigenvalue weighted by Gasteiger charge is 2.36. The Kier molecular flexibility index (Phi) is 4.80. The molecule has 2 aromatic heterocycles. The lowest BCUT2D eigenvalue weighted by Gasteiger charge is -2.15. The van der Waals surface area contributed by atoms with Crippen molar-refractivity contribution in [3.8, 4) is 22.8 Å². The van der Waals surface area contributed by atoms with E-state index >= 15 is 0 Å². The highest BCUT2D eigenvalue weighted by atomic mass is 19.4. The fraction of sp³-hybridized carbons (Fsp3) is 0.222. The van der Waals surface area contributed by atoms with Gasteiger partial charge in [-0.3, -0.25) is 19.7 Å². The van der Waals surface area contributed by atoms with Crippen LogP contribution in [0, 0.1) is 24.0 Å². The molecule has 0 radical (unpaired) electrons. The molecule has 7 nitrogen and oxygen atoms in total. The first-order chi connectivity index (χ1) is 13.1. The van der Waals surface area contributed by atoms with E-state index < -0.39 is 28.1 Å². The normalized spacial score (nSPS) is 11.5. The number of ether oxygens (including phenoxy) is 1. The molecule has 0 aliphatic heterocycles. The monoisotopic (exact) mass is 392 g/mol. The number of hydrogen-bond donors (Lipinski definition) is 0. The average Bonchev–Trinajstić information content (AvgIpc) is 3.01. The van der Waals surface area contributed by atoms with Gasteiger partial charge in [0.2, 0.25) is 0 Å². The predicted octanol–water partition coefficient (Wildman–Crippen LogP) is 4.49. The third kappa shape index (κ3) is 3.40. The van der Waals surface area contributed by atoms with Crippen LogP contribution in [-0.2, 0) is 6.18 Å². The number of nitro benzene ring substituents is 1. The molecule has 0 atom stereocenters. The second-order valence-corrected chi connectivity index (χ2v) is 6.07. The number of aromatic nitrogens is 3. The predicted molar refractivity (Wildman–Crippen MR) is 94.5 cm³/mol. The Bertz CT molecular complexity index is 1060. The Hall–Kier alpha value is -3.43. The maximum absolute atomic E-state index is 13.4. The molecule has 146 valence electrons. The third-order valence-electron chi connectivity index (χ3n) is 4.15. The zero-order chi connectivity index (χ0) is 20.6. The van der Waals surface area contributed by atoms with E-state index in [4.69, 9.17) is 4.74 Å². The van der Waals surface area contributed by atoms with Crippen molar-refractivity contribution in [2.24, 2.45) is 0 Å². The molecule has 0 saturated heterocycles. The summed E-state index contributed by atoms with van der Waals surface area (Å²) in [6.07, 6.45) is -0.208. The zero-order valence-electron chi connectivity index (χ0n) is 15.1. The molecule has 10 heteroatoms. The summed E-state index contributed by atoms with van der Waals surface area (Å²) in [5, 5.41) is 11.7. The molecule has 1 aromatic carbocycles. The van der Waals surface area contributed by atoms with Gasteiger partial charge in [0.1, 0.15) is 11.5 Å². The maximum atomic E-state index is 13.4. The second-order valence-electron chi connectivity index (χ2n) is 6.07. The van der Waals surface area contributed by atoms with Crippen molar-refractivity contribution in [1.82, 2.24) is 14.5 Å². The number of aryl methyl sites for hydroxylation is 2. The van der Waals surface area contributed by atoms with Crippen LogP contribution < -0.4 is 4.74 Å². The van der Waals surface area contributed by atoms with E-state index in [-0.39, 0.29) is 11.5 Å². The summed E-state index contributed by atoms with van der Waals surface area (Å²) in [4.78, 5) is 19.2. The van der Waals surface area contributed by atoms with Crippen LogP contribution in [0.25, 0.3) is 17.1 Å². The van der Waals surface area contributed by atoms with Crippen LogP contribution in [0.15, 0.2) is 36.8 Å². The lowest BCUT2D eigenvalue weighted by Crippen LogP contribution is -2.10. The molecule has 0 aliphatic rings. The van der Waals surface area contributed by atoms with Crippen LogP contribution >= 0.6 is 0 Å². The minimum absolute atomic E-state index is 0.243. The molecule has 28 heavy (non-hydrogen) atoms. The summed E-state index contributed by atoms with van der Waals surface area (Å²) in [7, 11) is 1.08. The van der Waals surface area contributed by atoms with Crippen molar-refractivity contribution in [2.45, 2.75) is 20.0 Å². The number of nitrogens with zero attached hydrogens (tertiary/aromatic N) is 4. The Morgan fingerprint density at radius 3 is 2.54 bits per heavy atom. The van der Waals surface area contributed by atoms with Crippen LogP contribution in [-0.4, -0.2) is 26.6 Å². The number of imidazole rings is 1. The highest BCUT2D eigenvalue weighted by Crippen LogP contribution is 2.41. The SMILES string of the molecule is COc1cc(C(F)(F)F)cc(-n2cc(C)nc2-c2cnccc2C)c1[N+](=O)[O-]. The van der Waals surface area contributed by atoms with E-state index in [1.165, 1.54) is 17.0 Å². The molecule has 3 aromatic rings. The second kappa shape index (κ2) is 6.95. The van der Waals surface area contributed by atoms with Gasteiger partial charge in [-0.15, -0.1) is 0 Å². The van der Waals surface area contributed by atoms with Gasteiger partial charge in [-0.2, -0.15) is 13.2 Å². The number of hydrogen-bond acceptors (Lipinski definition) is 5. The average molecular weight is 392 g/mol. The fourth-order valence-corrected chi connectivity index (χ4v) is 2.85. The van der Waals surface area contributed by atoms with Crippen LogP contribution in [0.5, 0.6) is 5.75 Å². The number of halogens is 3. The molecule has 0 spiro atoms. The summed E-state index contributed by atoms with van der Waals surface area (Å²) >= 11 is 0. The van der Waals surface area contributed by atoms with Gasteiger partial charge in [-0.1, -0.05) is 0 Å². The van der Waals surface area contributed by atoms with Crippen LogP contribution in [0.1, 0.15) is 16.8 Å².